The highest BCUT2D eigenvalue weighted by Gasteiger charge is 2.33. The number of piperidine rings is 1. The Kier molecular flexibility index (Phi) is 7.76. The van der Waals surface area contributed by atoms with E-state index in [1.54, 1.807) is 36.1 Å². The molecule has 35 heavy (non-hydrogen) atoms. The summed E-state index contributed by atoms with van der Waals surface area (Å²) >= 11 is 0. The second kappa shape index (κ2) is 11.0. The zero-order valence-electron chi connectivity index (χ0n) is 20.2. The number of rotatable bonds is 8. The minimum absolute atomic E-state index is 0.168. The van der Waals surface area contributed by atoms with Crippen LogP contribution in [0.25, 0.3) is 0 Å². The van der Waals surface area contributed by atoms with Gasteiger partial charge in [0.1, 0.15) is 17.5 Å². The lowest BCUT2D eigenvalue weighted by Crippen LogP contribution is -2.51. The van der Waals surface area contributed by atoms with Crippen LogP contribution in [0.1, 0.15) is 25.3 Å². The van der Waals surface area contributed by atoms with Gasteiger partial charge in [0.05, 0.1) is 11.9 Å². The van der Waals surface area contributed by atoms with E-state index in [4.69, 9.17) is 4.74 Å². The fourth-order valence-electron chi connectivity index (χ4n) is 4.66. The standard InChI is InChI=1S/C28H32N2O4S/c1-22(28(31)29-19-17-24(18-20-29)21-23-9-5-3-6-10-23)30(35(2,32)33)25-13-15-27(16-14-25)34-26-11-7-4-8-12-26/h3-16,22,24H,17-21H2,1-2H3. The molecule has 1 amide bonds. The lowest BCUT2D eigenvalue weighted by molar-refractivity contribution is -0.133. The molecule has 0 bridgehead atoms. The van der Waals surface area contributed by atoms with E-state index in [0.717, 1.165) is 25.5 Å². The first-order valence-corrected chi connectivity index (χ1v) is 13.8. The van der Waals surface area contributed by atoms with Crippen molar-refractivity contribution in [2.75, 3.05) is 23.7 Å². The first-order chi connectivity index (χ1) is 16.8. The SMILES string of the molecule is CC(C(=O)N1CCC(Cc2ccccc2)CC1)N(c1ccc(Oc2ccccc2)cc1)S(C)(=O)=O. The van der Waals surface area contributed by atoms with E-state index in [0.29, 0.717) is 36.2 Å². The van der Waals surface area contributed by atoms with Gasteiger partial charge in [0.2, 0.25) is 15.9 Å². The van der Waals surface area contributed by atoms with E-state index < -0.39 is 16.1 Å². The highest BCUT2D eigenvalue weighted by Crippen LogP contribution is 2.28. The Morgan fingerprint density at radius 2 is 1.46 bits per heavy atom. The third-order valence-corrected chi connectivity index (χ3v) is 7.67. The zero-order valence-corrected chi connectivity index (χ0v) is 21.0. The van der Waals surface area contributed by atoms with Crippen molar-refractivity contribution in [3.05, 3.63) is 90.5 Å². The number of sulfonamides is 1. The van der Waals surface area contributed by atoms with Gasteiger partial charge in [-0.1, -0.05) is 48.5 Å². The molecular weight excluding hydrogens is 460 g/mol. The minimum atomic E-state index is -3.68. The molecule has 7 heteroatoms. The molecule has 1 unspecified atom stereocenters. The van der Waals surface area contributed by atoms with Crippen molar-refractivity contribution in [2.24, 2.45) is 5.92 Å². The van der Waals surface area contributed by atoms with Crippen molar-refractivity contribution >= 4 is 21.6 Å². The summed E-state index contributed by atoms with van der Waals surface area (Å²) < 4.78 is 32.4. The topological polar surface area (TPSA) is 66.9 Å². The van der Waals surface area contributed by atoms with Crippen molar-refractivity contribution in [3.63, 3.8) is 0 Å². The van der Waals surface area contributed by atoms with Crippen LogP contribution in [0.5, 0.6) is 11.5 Å². The van der Waals surface area contributed by atoms with Crippen LogP contribution in [-0.2, 0) is 21.2 Å². The van der Waals surface area contributed by atoms with Gasteiger partial charge in [0, 0.05) is 13.1 Å². The zero-order chi connectivity index (χ0) is 24.8. The summed E-state index contributed by atoms with van der Waals surface area (Å²) in [6.45, 7) is 2.94. The average molecular weight is 493 g/mol. The van der Waals surface area contributed by atoms with E-state index in [-0.39, 0.29) is 5.91 Å². The molecule has 0 spiro atoms. The number of para-hydroxylation sites is 1. The summed E-state index contributed by atoms with van der Waals surface area (Å²) in [5.74, 6) is 1.64. The van der Waals surface area contributed by atoms with E-state index in [2.05, 4.69) is 24.3 Å². The molecule has 1 atom stereocenters. The van der Waals surface area contributed by atoms with Gasteiger partial charge < -0.3 is 9.64 Å². The second-order valence-electron chi connectivity index (χ2n) is 9.10. The number of carbonyl (C=O) groups excluding carboxylic acids is 1. The fourth-order valence-corrected chi connectivity index (χ4v) is 5.83. The highest BCUT2D eigenvalue weighted by molar-refractivity contribution is 7.92. The molecule has 1 fully saturated rings. The Bertz CT molecular complexity index is 1210. The van der Waals surface area contributed by atoms with E-state index in [1.807, 2.05) is 36.4 Å². The van der Waals surface area contributed by atoms with Gasteiger partial charge in [0.15, 0.2) is 0 Å². The van der Waals surface area contributed by atoms with Crippen molar-refractivity contribution in [1.82, 2.24) is 4.90 Å². The maximum absolute atomic E-state index is 13.3. The molecule has 3 aromatic carbocycles. The monoisotopic (exact) mass is 492 g/mol. The Morgan fingerprint density at radius 1 is 0.914 bits per heavy atom. The number of nitrogens with zero attached hydrogens (tertiary/aromatic N) is 2. The normalized spacial score (nSPS) is 15.4. The Labute approximate surface area is 208 Å². The fraction of sp³-hybridized carbons (Fsp3) is 0.321. The third kappa shape index (κ3) is 6.42. The molecular formula is C28H32N2O4S. The molecule has 1 heterocycles. The van der Waals surface area contributed by atoms with E-state index in [9.17, 15) is 13.2 Å². The third-order valence-electron chi connectivity index (χ3n) is 6.43. The Hall–Kier alpha value is -3.32. The molecule has 3 aromatic rings. The van der Waals surface area contributed by atoms with E-state index in [1.165, 1.54) is 9.87 Å². The Morgan fingerprint density at radius 3 is 2.03 bits per heavy atom. The molecule has 1 aliphatic heterocycles. The predicted octanol–water partition coefficient (Wildman–Crippen LogP) is 5.11. The van der Waals surface area contributed by atoms with Crippen LogP contribution in [0.2, 0.25) is 0 Å². The molecule has 6 nitrogen and oxygen atoms in total. The summed E-state index contributed by atoms with van der Waals surface area (Å²) in [6.07, 6.45) is 3.97. The van der Waals surface area contributed by atoms with Crippen molar-refractivity contribution in [1.29, 1.82) is 0 Å². The molecule has 0 aromatic heterocycles. The van der Waals surface area contributed by atoms with Gasteiger partial charge in [-0.25, -0.2) is 8.42 Å². The molecule has 0 aliphatic carbocycles. The first kappa shape index (κ1) is 24.8. The van der Waals surface area contributed by atoms with Gasteiger partial charge >= 0.3 is 0 Å². The number of benzene rings is 3. The predicted molar refractivity (Wildman–Crippen MR) is 139 cm³/mol. The summed E-state index contributed by atoms with van der Waals surface area (Å²) in [5.41, 5.74) is 1.75. The van der Waals surface area contributed by atoms with Crippen molar-refractivity contribution < 1.29 is 17.9 Å². The number of anilines is 1. The summed E-state index contributed by atoms with van der Waals surface area (Å²) in [4.78, 5) is 15.1. The van der Waals surface area contributed by atoms with Gasteiger partial charge in [0.25, 0.3) is 0 Å². The summed E-state index contributed by atoms with van der Waals surface area (Å²) in [7, 11) is -3.68. The molecule has 184 valence electrons. The van der Waals surface area contributed by atoms with Crippen LogP contribution < -0.4 is 9.04 Å². The molecule has 0 radical (unpaired) electrons. The van der Waals surface area contributed by atoms with Crippen LogP contribution in [0.3, 0.4) is 0 Å². The van der Waals surface area contributed by atoms with Gasteiger partial charge in [-0.3, -0.25) is 9.10 Å². The van der Waals surface area contributed by atoms with Gasteiger partial charge in [-0.2, -0.15) is 0 Å². The summed E-state index contributed by atoms with van der Waals surface area (Å²) in [6, 6.07) is 25.7. The maximum Gasteiger partial charge on any atom is 0.246 e. The Balaban J connectivity index is 1.41. The molecule has 0 saturated carbocycles. The van der Waals surface area contributed by atoms with Crippen molar-refractivity contribution in [3.8, 4) is 11.5 Å². The molecule has 1 aliphatic rings. The number of ether oxygens (including phenoxy) is 1. The highest BCUT2D eigenvalue weighted by atomic mass is 32.2. The molecule has 4 rings (SSSR count). The van der Waals surface area contributed by atoms with Crippen LogP contribution in [0.15, 0.2) is 84.9 Å². The number of amides is 1. The smallest absolute Gasteiger partial charge is 0.246 e. The lowest BCUT2D eigenvalue weighted by Gasteiger charge is -2.36. The maximum atomic E-state index is 13.3. The molecule has 1 saturated heterocycles. The number of hydrogen-bond donors (Lipinski definition) is 0. The molecule has 0 N–H and O–H groups in total. The largest absolute Gasteiger partial charge is 0.457 e. The first-order valence-electron chi connectivity index (χ1n) is 12.0. The van der Waals surface area contributed by atoms with Gasteiger partial charge in [-0.15, -0.1) is 0 Å². The van der Waals surface area contributed by atoms with Crippen molar-refractivity contribution in [2.45, 2.75) is 32.2 Å². The van der Waals surface area contributed by atoms with Gasteiger partial charge in [-0.05, 0) is 74.1 Å². The van der Waals surface area contributed by atoms with Crippen LogP contribution in [-0.4, -0.2) is 44.6 Å². The van der Waals surface area contributed by atoms with Crippen LogP contribution >= 0.6 is 0 Å². The summed E-state index contributed by atoms with van der Waals surface area (Å²) in [5, 5.41) is 0. The quantitative estimate of drug-likeness (QED) is 0.438. The number of hydrogen-bond acceptors (Lipinski definition) is 4. The van der Waals surface area contributed by atoms with Crippen LogP contribution in [0.4, 0.5) is 5.69 Å². The number of carbonyl (C=O) groups is 1. The van der Waals surface area contributed by atoms with Crippen LogP contribution in [0, 0.1) is 5.92 Å². The minimum Gasteiger partial charge on any atom is -0.457 e. The second-order valence-corrected chi connectivity index (χ2v) is 11.0. The number of likely N-dealkylation sites (tertiary alicyclic amines) is 1. The lowest BCUT2D eigenvalue weighted by atomic mass is 9.90. The van der Waals surface area contributed by atoms with E-state index >= 15 is 0 Å². The average Bonchev–Trinajstić information content (AvgIpc) is 2.86.